The number of amides is 1. The van der Waals surface area contributed by atoms with Crippen LogP contribution in [0.4, 0.5) is 5.69 Å². The number of carbonyl (C=O) groups is 2. The third-order valence-electron chi connectivity index (χ3n) is 4.75. The van der Waals surface area contributed by atoms with Crippen molar-refractivity contribution in [1.82, 2.24) is 14.8 Å². The van der Waals surface area contributed by atoms with Gasteiger partial charge in [0.1, 0.15) is 0 Å². The molecule has 2 heterocycles. The SMILES string of the molecule is CC(=O)Nc1cc(C(=O)c2ccc3cnn(C=Cc4ccccn4)c3c2)ccc1C. The van der Waals surface area contributed by atoms with Crippen molar-refractivity contribution in [1.29, 1.82) is 0 Å². The van der Waals surface area contributed by atoms with E-state index in [0.717, 1.165) is 22.2 Å². The number of pyridine rings is 1. The van der Waals surface area contributed by atoms with Crippen molar-refractivity contribution in [2.75, 3.05) is 5.32 Å². The van der Waals surface area contributed by atoms with Crippen LogP contribution in [0.3, 0.4) is 0 Å². The largest absolute Gasteiger partial charge is 0.326 e. The first-order valence-corrected chi connectivity index (χ1v) is 9.51. The highest BCUT2D eigenvalue weighted by Crippen LogP contribution is 2.22. The number of hydrogen-bond acceptors (Lipinski definition) is 4. The first kappa shape index (κ1) is 19.3. The Balaban J connectivity index is 1.67. The summed E-state index contributed by atoms with van der Waals surface area (Å²) in [5.74, 6) is -0.294. The summed E-state index contributed by atoms with van der Waals surface area (Å²) in [6.45, 7) is 3.33. The van der Waals surface area contributed by atoms with Crippen molar-refractivity contribution in [3.63, 3.8) is 0 Å². The maximum Gasteiger partial charge on any atom is 0.221 e. The zero-order valence-electron chi connectivity index (χ0n) is 16.7. The van der Waals surface area contributed by atoms with E-state index in [1.807, 2.05) is 55.6 Å². The monoisotopic (exact) mass is 396 g/mol. The first-order chi connectivity index (χ1) is 14.5. The number of nitrogens with zero attached hydrogens (tertiary/aromatic N) is 3. The molecule has 4 aromatic rings. The van der Waals surface area contributed by atoms with Gasteiger partial charge in [0.05, 0.1) is 17.4 Å². The molecule has 0 radical (unpaired) electrons. The standard InChI is InChI=1S/C24H20N4O2/c1-16-6-7-18(13-22(16)27-17(2)29)24(30)19-8-9-20-15-26-28(23(20)14-19)12-10-21-5-3-4-11-25-21/h3-15H,1-2H3,(H,27,29). The molecule has 0 fully saturated rings. The topological polar surface area (TPSA) is 76.9 Å². The molecule has 1 amide bonds. The Morgan fingerprint density at radius 2 is 1.83 bits per heavy atom. The normalized spacial score (nSPS) is 11.1. The van der Waals surface area contributed by atoms with Crippen molar-refractivity contribution in [3.8, 4) is 0 Å². The number of hydrogen-bond donors (Lipinski definition) is 1. The van der Waals surface area contributed by atoms with Crippen molar-refractivity contribution < 1.29 is 9.59 Å². The predicted molar refractivity (Wildman–Crippen MR) is 118 cm³/mol. The summed E-state index contributed by atoms with van der Waals surface area (Å²) < 4.78 is 1.72. The molecular formula is C24H20N4O2. The molecule has 1 N–H and O–H groups in total. The van der Waals surface area contributed by atoms with Gasteiger partial charge in [0.25, 0.3) is 0 Å². The van der Waals surface area contributed by atoms with E-state index >= 15 is 0 Å². The third-order valence-corrected chi connectivity index (χ3v) is 4.75. The average molecular weight is 396 g/mol. The quantitative estimate of drug-likeness (QED) is 0.502. The maximum atomic E-state index is 13.1. The number of anilines is 1. The summed E-state index contributed by atoms with van der Waals surface area (Å²) in [7, 11) is 0. The lowest BCUT2D eigenvalue weighted by atomic mass is 10.00. The molecule has 148 valence electrons. The average Bonchev–Trinajstić information content (AvgIpc) is 3.16. The number of aryl methyl sites for hydroxylation is 1. The van der Waals surface area contributed by atoms with Crippen LogP contribution in [0.2, 0.25) is 0 Å². The molecule has 6 heteroatoms. The fourth-order valence-corrected chi connectivity index (χ4v) is 3.17. The van der Waals surface area contributed by atoms with E-state index in [-0.39, 0.29) is 11.7 Å². The Morgan fingerprint density at radius 3 is 2.60 bits per heavy atom. The molecule has 0 aliphatic heterocycles. The second kappa shape index (κ2) is 8.13. The van der Waals surface area contributed by atoms with Gasteiger partial charge in [-0.2, -0.15) is 5.10 Å². The highest BCUT2D eigenvalue weighted by Gasteiger charge is 2.13. The van der Waals surface area contributed by atoms with Gasteiger partial charge in [-0.05, 0) is 42.8 Å². The Morgan fingerprint density at radius 1 is 1.03 bits per heavy atom. The van der Waals surface area contributed by atoms with Crippen molar-refractivity contribution in [2.45, 2.75) is 13.8 Å². The van der Waals surface area contributed by atoms with Gasteiger partial charge in [-0.1, -0.05) is 30.3 Å². The Kier molecular flexibility index (Phi) is 5.22. The number of benzene rings is 2. The van der Waals surface area contributed by atoms with Gasteiger partial charge in [0.15, 0.2) is 5.78 Å². The number of rotatable bonds is 5. The molecule has 6 nitrogen and oxygen atoms in total. The number of carbonyl (C=O) groups excluding carboxylic acids is 2. The lowest BCUT2D eigenvalue weighted by Gasteiger charge is -2.09. The second-order valence-corrected chi connectivity index (χ2v) is 6.97. The second-order valence-electron chi connectivity index (χ2n) is 6.97. The van der Waals surface area contributed by atoms with Crippen LogP contribution in [0, 0.1) is 6.92 Å². The molecule has 2 aromatic carbocycles. The highest BCUT2D eigenvalue weighted by molar-refractivity contribution is 6.11. The zero-order valence-corrected chi connectivity index (χ0v) is 16.7. The molecule has 0 unspecified atom stereocenters. The summed E-state index contributed by atoms with van der Waals surface area (Å²) in [6, 6.07) is 16.5. The summed E-state index contributed by atoms with van der Waals surface area (Å²) in [5, 5.41) is 8.08. The minimum atomic E-state index is -0.173. The van der Waals surface area contributed by atoms with Crippen LogP contribution in [-0.2, 0) is 4.79 Å². The predicted octanol–water partition coefficient (Wildman–Crippen LogP) is 4.56. The van der Waals surface area contributed by atoms with Crippen molar-refractivity contribution in [2.24, 2.45) is 0 Å². The van der Waals surface area contributed by atoms with Gasteiger partial charge in [-0.3, -0.25) is 14.6 Å². The van der Waals surface area contributed by atoms with Crippen LogP contribution in [0.25, 0.3) is 23.2 Å². The molecule has 0 aliphatic carbocycles. The molecule has 0 bridgehead atoms. The van der Waals surface area contributed by atoms with E-state index in [0.29, 0.717) is 16.8 Å². The van der Waals surface area contributed by atoms with Gasteiger partial charge in [-0.25, -0.2) is 4.68 Å². The Bertz CT molecular complexity index is 1270. The van der Waals surface area contributed by atoms with Gasteiger partial charge in [0, 0.05) is 41.5 Å². The lowest BCUT2D eigenvalue weighted by Crippen LogP contribution is -2.09. The van der Waals surface area contributed by atoms with Gasteiger partial charge >= 0.3 is 0 Å². The summed E-state index contributed by atoms with van der Waals surface area (Å²) in [4.78, 5) is 28.8. The molecule has 0 saturated carbocycles. The van der Waals surface area contributed by atoms with E-state index < -0.39 is 0 Å². The summed E-state index contributed by atoms with van der Waals surface area (Å²) >= 11 is 0. The van der Waals surface area contributed by atoms with E-state index in [1.165, 1.54) is 6.92 Å². The molecule has 0 atom stereocenters. The first-order valence-electron chi connectivity index (χ1n) is 9.51. The number of nitrogens with one attached hydrogen (secondary N) is 1. The number of ketones is 1. The molecule has 2 aromatic heterocycles. The Hall–Kier alpha value is -4.06. The molecule has 4 rings (SSSR count). The third kappa shape index (κ3) is 4.03. The fraction of sp³-hybridized carbons (Fsp3) is 0.0833. The van der Waals surface area contributed by atoms with Gasteiger partial charge in [-0.15, -0.1) is 0 Å². The summed E-state index contributed by atoms with van der Waals surface area (Å²) in [6.07, 6.45) is 7.17. The van der Waals surface area contributed by atoms with Crippen LogP contribution < -0.4 is 5.32 Å². The van der Waals surface area contributed by atoms with E-state index in [2.05, 4.69) is 15.4 Å². The maximum absolute atomic E-state index is 13.1. The zero-order chi connectivity index (χ0) is 21.1. The number of fused-ring (bicyclic) bond motifs is 1. The van der Waals surface area contributed by atoms with Crippen LogP contribution in [0.15, 0.2) is 67.0 Å². The van der Waals surface area contributed by atoms with Gasteiger partial charge in [0.2, 0.25) is 5.91 Å². The minimum Gasteiger partial charge on any atom is -0.326 e. The van der Waals surface area contributed by atoms with Crippen LogP contribution in [-0.4, -0.2) is 26.5 Å². The lowest BCUT2D eigenvalue weighted by molar-refractivity contribution is -0.114. The summed E-state index contributed by atoms with van der Waals surface area (Å²) in [5.41, 5.74) is 4.24. The molecule has 0 spiro atoms. The molecule has 0 aliphatic rings. The van der Waals surface area contributed by atoms with E-state index in [9.17, 15) is 9.59 Å². The van der Waals surface area contributed by atoms with E-state index in [1.54, 1.807) is 35.3 Å². The number of aromatic nitrogens is 3. The van der Waals surface area contributed by atoms with Gasteiger partial charge < -0.3 is 5.32 Å². The van der Waals surface area contributed by atoms with Crippen LogP contribution in [0.1, 0.15) is 34.1 Å². The Labute approximate surface area is 173 Å². The van der Waals surface area contributed by atoms with Crippen LogP contribution in [0.5, 0.6) is 0 Å². The molecule has 30 heavy (non-hydrogen) atoms. The van der Waals surface area contributed by atoms with Crippen LogP contribution >= 0.6 is 0 Å². The fourth-order valence-electron chi connectivity index (χ4n) is 3.17. The van der Waals surface area contributed by atoms with Crippen molar-refractivity contribution >= 4 is 40.6 Å². The molecule has 0 saturated heterocycles. The van der Waals surface area contributed by atoms with E-state index in [4.69, 9.17) is 0 Å². The van der Waals surface area contributed by atoms with Crippen molar-refractivity contribution in [3.05, 3.63) is 89.4 Å². The smallest absolute Gasteiger partial charge is 0.221 e. The highest BCUT2D eigenvalue weighted by atomic mass is 16.1. The minimum absolute atomic E-state index is 0.120. The molecular weight excluding hydrogens is 376 g/mol.